The van der Waals surface area contributed by atoms with Crippen LogP contribution < -0.4 is 10.6 Å². The number of sulfone groups is 1. The fourth-order valence-electron chi connectivity index (χ4n) is 5.19. The highest BCUT2D eigenvalue weighted by Crippen LogP contribution is 2.49. The van der Waals surface area contributed by atoms with Crippen LogP contribution in [0.2, 0.25) is 0 Å². The van der Waals surface area contributed by atoms with Crippen LogP contribution in [0.4, 0.5) is 26.0 Å². The summed E-state index contributed by atoms with van der Waals surface area (Å²) < 4.78 is 62.6. The maximum atomic E-state index is 13.6. The zero-order valence-electron chi connectivity index (χ0n) is 22.7. The molecule has 2 N–H and O–H groups in total. The highest BCUT2D eigenvalue weighted by molar-refractivity contribution is 7.90. The maximum Gasteiger partial charge on any atom is 0.260 e. The van der Waals surface area contributed by atoms with Crippen molar-refractivity contribution in [3.8, 4) is 11.3 Å². The highest BCUT2D eigenvalue weighted by atomic mass is 32.2. The fourth-order valence-corrected chi connectivity index (χ4v) is 6.05. The Bertz CT molecular complexity index is 1780. The third-order valence-corrected chi connectivity index (χ3v) is 8.56. The lowest BCUT2D eigenvalue weighted by molar-refractivity contribution is -0.119. The Balaban J connectivity index is 1.46. The van der Waals surface area contributed by atoms with E-state index in [4.69, 9.17) is 9.72 Å². The van der Waals surface area contributed by atoms with Gasteiger partial charge in [-0.1, -0.05) is 6.07 Å². The van der Waals surface area contributed by atoms with E-state index in [9.17, 15) is 22.0 Å². The van der Waals surface area contributed by atoms with Crippen LogP contribution >= 0.6 is 0 Å². The van der Waals surface area contributed by atoms with Crippen molar-refractivity contribution in [3.05, 3.63) is 42.6 Å². The van der Waals surface area contributed by atoms with Crippen LogP contribution in [-0.2, 0) is 26.4 Å². The van der Waals surface area contributed by atoms with Gasteiger partial charge in [-0.05, 0) is 38.3 Å². The SMILES string of the molecule is Cc1nc2c(Nc3ccc(-c4cncn4C)cc3S(C)(=O)=O)cc(NC(=O)C3CC3(F)F)nc2n1C1CCCCO1. The van der Waals surface area contributed by atoms with Crippen LogP contribution in [0.1, 0.15) is 37.7 Å². The standard InChI is InChI=1S/C27H29F2N7O4S/c1-15-31-24-19(32-18-8-7-16(10-21(18)41(3,38)39)20-13-30-14-35(20)2)11-22(34-26(37)17-12-27(17,28)29)33-25(24)36(15)23-6-4-5-9-40-23/h7-8,10-11,13-14,17,23H,4-6,9,12H2,1-3H3,(H2,32,33,34,37). The van der Waals surface area contributed by atoms with Crippen molar-refractivity contribution in [1.29, 1.82) is 0 Å². The summed E-state index contributed by atoms with van der Waals surface area (Å²) in [4.78, 5) is 26.0. The Labute approximate surface area is 234 Å². The minimum atomic E-state index is -3.70. The van der Waals surface area contributed by atoms with E-state index in [0.29, 0.717) is 34.8 Å². The molecule has 1 aliphatic heterocycles. The number of carbonyl (C=O) groups excluding carboxylic acids is 1. The first-order chi connectivity index (χ1) is 19.4. The average molecular weight is 586 g/mol. The summed E-state index contributed by atoms with van der Waals surface area (Å²) in [6.07, 6.45) is 6.14. The highest BCUT2D eigenvalue weighted by Gasteiger charge is 2.61. The maximum absolute atomic E-state index is 13.6. The number of hydrogen-bond acceptors (Lipinski definition) is 8. The Morgan fingerprint density at radius 1 is 1.17 bits per heavy atom. The van der Waals surface area contributed by atoms with Gasteiger partial charge in [-0.3, -0.25) is 9.36 Å². The number of aryl methyl sites for hydroxylation is 2. The molecule has 14 heteroatoms. The number of anilines is 3. The minimum Gasteiger partial charge on any atom is -0.358 e. The molecule has 1 aliphatic carbocycles. The number of carbonyl (C=O) groups is 1. The van der Waals surface area contributed by atoms with Crippen molar-refractivity contribution in [2.24, 2.45) is 13.0 Å². The fraction of sp³-hybridized carbons (Fsp3) is 0.407. The Hall–Kier alpha value is -3.91. The second kappa shape index (κ2) is 9.87. The average Bonchev–Trinajstić information content (AvgIpc) is 3.18. The molecule has 2 fully saturated rings. The lowest BCUT2D eigenvalue weighted by Crippen LogP contribution is -2.20. The molecule has 1 aromatic carbocycles. The number of benzene rings is 1. The van der Waals surface area contributed by atoms with Crippen molar-refractivity contribution < 1.29 is 26.7 Å². The summed E-state index contributed by atoms with van der Waals surface area (Å²) >= 11 is 0. The van der Waals surface area contributed by atoms with Gasteiger partial charge in [0.2, 0.25) is 5.91 Å². The molecule has 3 aromatic heterocycles. The third-order valence-electron chi connectivity index (χ3n) is 7.42. The van der Waals surface area contributed by atoms with Crippen LogP contribution in [0, 0.1) is 12.8 Å². The topological polar surface area (TPSA) is 133 Å². The van der Waals surface area contributed by atoms with Gasteiger partial charge in [-0.15, -0.1) is 0 Å². The van der Waals surface area contributed by atoms with Crippen LogP contribution in [0.25, 0.3) is 22.4 Å². The number of amides is 1. The van der Waals surface area contributed by atoms with Gasteiger partial charge in [0.05, 0.1) is 34.5 Å². The number of aromatic nitrogens is 5. The monoisotopic (exact) mass is 585 g/mol. The Morgan fingerprint density at radius 3 is 2.59 bits per heavy atom. The minimum absolute atomic E-state index is 0.0381. The second-order valence-corrected chi connectivity index (χ2v) is 12.6. The first-order valence-corrected chi connectivity index (χ1v) is 15.1. The van der Waals surface area contributed by atoms with Crippen LogP contribution in [0.15, 0.2) is 41.7 Å². The molecule has 216 valence electrons. The molecule has 1 saturated heterocycles. The number of ether oxygens (including phenoxy) is 1. The number of alkyl halides is 2. The van der Waals surface area contributed by atoms with Crippen molar-refractivity contribution in [2.75, 3.05) is 23.5 Å². The molecule has 1 amide bonds. The molecule has 2 atom stereocenters. The van der Waals surface area contributed by atoms with Crippen molar-refractivity contribution >= 4 is 44.1 Å². The van der Waals surface area contributed by atoms with Gasteiger partial charge in [0.25, 0.3) is 5.92 Å². The Morgan fingerprint density at radius 2 is 1.95 bits per heavy atom. The number of halogens is 2. The van der Waals surface area contributed by atoms with Gasteiger partial charge in [0, 0.05) is 38.0 Å². The van der Waals surface area contributed by atoms with E-state index >= 15 is 0 Å². The molecule has 0 radical (unpaired) electrons. The molecule has 1 saturated carbocycles. The summed E-state index contributed by atoms with van der Waals surface area (Å²) in [6, 6.07) is 6.44. The zero-order chi connectivity index (χ0) is 29.1. The Kier molecular flexibility index (Phi) is 6.57. The summed E-state index contributed by atoms with van der Waals surface area (Å²) in [6.45, 7) is 2.37. The van der Waals surface area contributed by atoms with Gasteiger partial charge in [-0.25, -0.2) is 32.2 Å². The van der Waals surface area contributed by atoms with E-state index in [-0.39, 0.29) is 22.6 Å². The molecule has 4 aromatic rings. The third kappa shape index (κ3) is 5.17. The number of pyridine rings is 1. The van der Waals surface area contributed by atoms with E-state index < -0.39 is 34.0 Å². The predicted molar refractivity (Wildman–Crippen MR) is 148 cm³/mol. The summed E-state index contributed by atoms with van der Waals surface area (Å²) in [7, 11) is -1.90. The normalized spacial score (nSPS) is 20.2. The van der Waals surface area contributed by atoms with Gasteiger partial charge in [0.15, 0.2) is 15.5 Å². The van der Waals surface area contributed by atoms with Crippen LogP contribution in [0.5, 0.6) is 0 Å². The lowest BCUT2D eigenvalue weighted by Gasteiger charge is -2.25. The summed E-state index contributed by atoms with van der Waals surface area (Å²) in [5.74, 6) is -4.64. The smallest absolute Gasteiger partial charge is 0.260 e. The molecular formula is C27H29F2N7O4S. The van der Waals surface area contributed by atoms with Crippen molar-refractivity contribution in [3.63, 3.8) is 0 Å². The molecule has 6 rings (SSSR count). The molecule has 0 bridgehead atoms. The second-order valence-electron chi connectivity index (χ2n) is 10.6. The number of hydrogen-bond donors (Lipinski definition) is 2. The van der Waals surface area contributed by atoms with Gasteiger partial charge in [0.1, 0.15) is 29.3 Å². The summed E-state index contributed by atoms with van der Waals surface area (Å²) in [5.41, 5.74) is 2.81. The number of nitrogens with one attached hydrogen (secondary N) is 2. The number of rotatable bonds is 7. The van der Waals surface area contributed by atoms with Crippen LogP contribution in [-0.4, -0.2) is 57.2 Å². The number of nitrogens with zero attached hydrogens (tertiary/aromatic N) is 5. The van der Waals surface area contributed by atoms with Crippen LogP contribution in [0.3, 0.4) is 0 Å². The van der Waals surface area contributed by atoms with Gasteiger partial charge in [-0.2, -0.15) is 0 Å². The molecule has 0 spiro atoms. The van der Waals surface area contributed by atoms with E-state index in [1.54, 1.807) is 42.2 Å². The molecule has 41 heavy (non-hydrogen) atoms. The first kappa shape index (κ1) is 27.3. The lowest BCUT2D eigenvalue weighted by atomic mass is 10.1. The number of fused-ring (bicyclic) bond motifs is 1. The van der Waals surface area contributed by atoms with Crippen molar-refractivity contribution in [1.82, 2.24) is 24.1 Å². The van der Waals surface area contributed by atoms with E-state index in [1.807, 2.05) is 11.6 Å². The van der Waals surface area contributed by atoms with E-state index in [2.05, 4.69) is 20.6 Å². The molecule has 2 unspecified atom stereocenters. The van der Waals surface area contributed by atoms with E-state index in [1.165, 1.54) is 6.07 Å². The van der Waals surface area contributed by atoms with Gasteiger partial charge < -0.3 is 19.9 Å². The molecular weight excluding hydrogens is 556 g/mol. The predicted octanol–water partition coefficient (Wildman–Crippen LogP) is 4.58. The molecule has 11 nitrogen and oxygen atoms in total. The first-order valence-electron chi connectivity index (χ1n) is 13.2. The van der Waals surface area contributed by atoms with Gasteiger partial charge >= 0.3 is 0 Å². The quantitative estimate of drug-likeness (QED) is 0.322. The largest absolute Gasteiger partial charge is 0.358 e. The molecule has 4 heterocycles. The van der Waals surface area contributed by atoms with E-state index in [0.717, 1.165) is 31.2 Å². The summed E-state index contributed by atoms with van der Waals surface area (Å²) in [5, 5.41) is 5.69. The number of imidazole rings is 2. The zero-order valence-corrected chi connectivity index (χ0v) is 23.5. The molecule has 2 aliphatic rings. The van der Waals surface area contributed by atoms with Crippen molar-refractivity contribution in [2.45, 2.75) is 49.7 Å².